The Kier molecular flexibility index (Phi) is 4.67. The fraction of sp³-hybridized carbons (Fsp3) is 0.417. The molecule has 1 unspecified atom stereocenters. The number of carboxylic acids is 1. The number of carbonyl (C=O) groups is 1. The number of rotatable bonds is 6. The first kappa shape index (κ1) is 15.6. The maximum atomic E-state index is 11.6. The van der Waals surface area contributed by atoms with Crippen molar-refractivity contribution in [2.45, 2.75) is 18.8 Å². The molecule has 6 nitrogen and oxygen atoms in total. The third-order valence-electron chi connectivity index (χ3n) is 2.42. The van der Waals surface area contributed by atoms with Gasteiger partial charge in [-0.15, -0.1) is 0 Å². The average Bonchev–Trinajstić information content (AvgIpc) is 2.28. The molecule has 0 spiro atoms. The smallest absolute Gasteiger partial charge is 0.359 e. The van der Waals surface area contributed by atoms with Crippen molar-refractivity contribution in [3.05, 3.63) is 35.9 Å². The van der Waals surface area contributed by atoms with Crippen molar-refractivity contribution in [2.75, 3.05) is 6.61 Å². The van der Waals surface area contributed by atoms with Crippen LogP contribution < -0.4 is 0 Å². The van der Waals surface area contributed by atoms with Crippen molar-refractivity contribution in [1.82, 2.24) is 0 Å². The molecule has 0 heterocycles. The number of carboxylic acid groups (broad SMARTS) is 1. The van der Waals surface area contributed by atoms with Gasteiger partial charge in [0.2, 0.25) is 0 Å². The maximum Gasteiger partial charge on any atom is 0.359 e. The second-order valence-electron chi connectivity index (χ2n) is 4.47. The van der Waals surface area contributed by atoms with Gasteiger partial charge in [-0.1, -0.05) is 44.2 Å². The van der Waals surface area contributed by atoms with Crippen LogP contribution >= 0.6 is 0 Å². The van der Waals surface area contributed by atoms with Crippen molar-refractivity contribution < 1.29 is 27.6 Å². The Morgan fingerprint density at radius 3 is 2.21 bits per heavy atom. The summed E-state index contributed by atoms with van der Waals surface area (Å²) in [4.78, 5) is 8.62. The normalized spacial score (nSPS) is 15.2. The lowest BCUT2D eigenvalue weighted by Crippen LogP contribution is -2.46. The number of hydrogen-bond donors (Lipinski definition) is 2. The van der Waals surface area contributed by atoms with Gasteiger partial charge in [0.15, 0.2) is 0 Å². The molecule has 19 heavy (non-hydrogen) atoms. The van der Waals surface area contributed by atoms with Gasteiger partial charge in [-0.3, -0.25) is 4.55 Å². The first-order valence-corrected chi connectivity index (χ1v) is 7.05. The molecule has 0 aliphatic carbocycles. The molecule has 2 N–H and O–H groups in total. The lowest BCUT2D eigenvalue weighted by molar-refractivity contribution is -0.157. The van der Waals surface area contributed by atoms with Crippen molar-refractivity contribution in [3.63, 3.8) is 0 Å². The highest BCUT2D eigenvalue weighted by molar-refractivity contribution is 7.87. The van der Waals surface area contributed by atoms with Crippen LogP contribution in [0.4, 0.5) is 0 Å². The number of aliphatic carboxylic acids is 1. The molecule has 106 valence electrons. The molecule has 1 atom stereocenters. The van der Waals surface area contributed by atoms with E-state index in [1.807, 2.05) is 0 Å². The highest BCUT2D eigenvalue weighted by Gasteiger charge is 2.54. The summed E-state index contributed by atoms with van der Waals surface area (Å²) in [5, 5.41) is 9.26. The van der Waals surface area contributed by atoms with Crippen LogP contribution in [0.1, 0.15) is 19.4 Å². The monoisotopic (exact) mass is 288 g/mol. The van der Waals surface area contributed by atoms with E-state index >= 15 is 0 Å². The number of benzene rings is 1. The Morgan fingerprint density at radius 2 is 1.84 bits per heavy atom. The quantitative estimate of drug-likeness (QED) is 0.769. The SMILES string of the molecule is CC(C)COC(C(=O)O)(c1ccccc1)S(=O)(=O)O. The zero-order valence-electron chi connectivity index (χ0n) is 10.6. The van der Waals surface area contributed by atoms with E-state index in [-0.39, 0.29) is 18.1 Å². The van der Waals surface area contributed by atoms with Gasteiger partial charge in [-0.2, -0.15) is 8.42 Å². The molecule has 0 radical (unpaired) electrons. The molecule has 0 bridgehead atoms. The minimum atomic E-state index is -5.00. The highest BCUT2D eigenvalue weighted by Crippen LogP contribution is 2.32. The summed E-state index contributed by atoms with van der Waals surface area (Å²) in [5.74, 6) is -1.87. The summed E-state index contributed by atoms with van der Waals surface area (Å²) in [6.07, 6.45) is 0. The van der Waals surface area contributed by atoms with E-state index in [1.54, 1.807) is 19.9 Å². The van der Waals surface area contributed by atoms with Crippen molar-refractivity contribution in [3.8, 4) is 0 Å². The van der Waals surface area contributed by atoms with E-state index < -0.39 is 21.0 Å². The Balaban J connectivity index is 3.42. The van der Waals surface area contributed by atoms with Crippen LogP contribution in [0.2, 0.25) is 0 Å². The first-order chi connectivity index (χ1) is 8.72. The van der Waals surface area contributed by atoms with Crippen LogP contribution in [0.3, 0.4) is 0 Å². The summed E-state index contributed by atoms with van der Waals surface area (Å²) in [5.41, 5.74) is -0.148. The van der Waals surface area contributed by atoms with Gasteiger partial charge in [0.25, 0.3) is 0 Å². The molecule has 0 fully saturated rings. The maximum absolute atomic E-state index is 11.6. The molecular formula is C12H16O6S. The van der Waals surface area contributed by atoms with E-state index in [2.05, 4.69) is 0 Å². The molecule has 0 aliphatic heterocycles. The Labute approximate surface area is 111 Å². The number of hydrogen-bond acceptors (Lipinski definition) is 4. The van der Waals surface area contributed by atoms with E-state index in [4.69, 9.17) is 4.74 Å². The third kappa shape index (κ3) is 3.12. The van der Waals surface area contributed by atoms with E-state index in [9.17, 15) is 22.9 Å². The van der Waals surface area contributed by atoms with Crippen molar-refractivity contribution >= 4 is 16.1 Å². The van der Waals surface area contributed by atoms with Gasteiger partial charge in [0, 0.05) is 5.56 Å². The second kappa shape index (κ2) is 5.68. The highest BCUT2D eigenvalue weighted by atomic mass is 32.2. The summed E-state index contributed by atoms with van der Waals surface area (Å²) in [7, 11) is -5.00. The second-order valence-corrected chi connectivity index (χ2v) is 5.99. The molecule has 1 aromatic rings. The van der Waals surface area contributed by atoms with Crippen LogP contribution in [-0.4, -0.2) is 30.7 Å². The molecule has 0 amide bonds. The minimum Gasteiger partial charge on any atom is -0.478 e. The Hall–Kier alpha value is -1.44. The van der Waals surface area contributed by atoms with Gasteiger partial charge in [-0.05, 0) is 5.92 Å². The zero-order chi connectivity index (χ0) is 14.7. The minimum absolute atomic E-state index is 0.0933. The topological polar surface area (TPSA) is 101 Å². The summed E-state index contributed by atoms with van der Waals surface area (Å²) in [6.45, 7) is 3.35. The van der Waals surface area contributed by atoms with Crippen LogP contribution in [0, 0.1) is 5.92 Å². The molecule has 0 aromatic heterocycles. The summed E-state index contributed by atoms with van der Waals surface area (Å²) < 4.78 is 37.5. The molecule has 7 heteroatoms. The standard InChI is InChI=1S/C12H16O6S/c1-9(2)8-18-12(11(13)14,19(15,16)17)10-6-4-3-5-7-10/h3-7,9H,8H2,1-2H3,(H,13,14)(H,15,16,17). The van der Waals surface area contributed by atoms with Gasteiger partial charge in [0.1, 0.15) is 0 Å². The van der Waals surface area contributed by atoms with E-state index in [1.165, 1.54) is 24.3 Å². The lowest BCUT2D eigenvalue weighted by atomic mass is 10.1. The van der Waals surface area contributed by atoms with Crippen molar-refractivity contribution in [1.29, 1.82) is 0 Å². The molecule has 1 aromatic carbocycles. The lowest BCUT2D eigenvalue weighted by Gasteiger charge is -2.27. The van der Waals surface area contributed by atoms with Gasteiger partial charge in [-0.25, -0.2) is 4.79 Å². The average molecular weight is 288 g/mol. The first-order valence-electron chi connectivity index (χ1n) is 5.61. The molecule has 0 saturated carbocycles. The predicted octanol–water partition coefficient (Wildman–Crippen LogP) is 1.48. The van der Waals surface area contributed by atoms with Crippen LogP contribution in [0.15, 0.2) is 30.3 Å². The van der Waals surface area contributed by atoms with Gasteiger partial charge in [0.05, 0.1) is 6.61 Å². The molecular weight excluding hydrogens is 272 g/mol. The number of ether oxygens (including phenoxy) is 1. The molecule has 0 aliphatic rings. The predicted molar refractivity (Wildman–Crippen MR) is 68.1 cm³/mol. The molecule has 1 rings (SSSR count). The van der Waals surface area contributed by atoms with Crippen molar-refractivity contribution in [2.24, 2.45) is 5.92 Å². The summed E-state index contributed by atoms with van der Waals surface area (Å²) >= 11 is 0. The van der Waals surface area contributed by atoms with Gasteiger partial charge < -0.3 is 9.84 Å². The van der Waals surface area contributed by atoms with Gasteiger partial charge >= 0.3 is 21.0 Å². The van der Waals surface area contributed by atoms with Crippen LogP contribution in [-0.2, 0) is 24.6 Å². The Bertz CT molecular complexity index is 537. The van der Waals surface area contributed by atoms with Crippen LogP contribution in [0.25, 0.3) is 0 Å². The van der Waals surface area contributed by atoms with Crippen LogP contribution in [0.5, 0.6) is 0 Å². The van der Waals surface area contributed by atoms with E-state index in [0.717, 1.165) is 0 Å². The fourth-order valence-electron chi connectivity index (χ4n) is 1.54. The van der Waals surface area contributed by atoms with E-state index in [0.29, 0.717) is 0 Å². The largest absolute Gasteiger partial charge is 0.478 e. The third-order valence-corrected chi connectivity index (χ3v) is 3.67. The summed E-state index contributed by atoms with van der Waals surface area (Å²) in [6, 6.07) is 7.10. The zero-order valence-corrected chi connectivity index (χ0v) is 11.4. The molecule has 0 saturated heterocycles. The fourth-order valence-corrected chi connectivity index (χ4v) is 2.42. The Morgan fingerprint density at radius 1 is 1.32 bits per heavy atom.